The summed E-state index contributed by atoms with van der Waals surface area (Å²) in [5.74, 6) is -3.20. The fraction of sp³-hybridized carbons (Fsp3) is 0.333. The van der Waals surface area contributed by atoms with Crippen LogP contribution in [0.25, 0.3) is 5.65 Å². The Bertz CT molecular complexity index is 1860. The highest BCUT2D eigenvalue weighted by molar-refractivity contribution is 7.89. The van der Waals surface area contributed by atoms with Gasteiger partial charge in [-0.2, -0.15) is 17.5 Å². The molecule has 2 aliphatic rings. The van der Waals surface area contributed by atoms with Crippen molar-refractivity contribution in [2.45, 2.75) is 42.5 Å². The van der Waals surface area contributed by atoms with Crippen molar-refractivity contribution in [2.75, 3.05) is 19.8 Å². The molecular formula is C27H23ClF3N5O6S. The third-order valence-electron chi connectivity index (χ3n) is 7.56. The van der Waals surface area contributed by atoms with Gasteiger partial charge in [-0.25, -0.2) is 13.4 Å². The van der Waals surface area contributed by atoms with Crippen molar-refractivity contribution in [3.8, 4) is 5.88 Å². The number of hydrogen-bond donors (Lipinski definition) is 1. The van der Waals surface area contributed by atoms with Gasteiger partial charge in [0, 0.05) is 29.9 Å². The molecule has 1 fully saturated rings. The van der Waals surface area contributed by atoms with Gasteiger partial charge in [-0.1, -0.05) is 23.7 Å². The molecule has 1 saturated heterocycles. The van der Waals surface area contributed by atoms with Crippen molar-refractivity contribution in [2.24, 2.45) is 0 Å². The molecule has 1 N–H and O–H groups in total. The normalized spacial score (nSPS) is 18.4. The van der Waals surface area contributed by atoms with Crippen LogP contribution in [0.1, 0.15) is 40.4 Å². The van der Waals surface area contributed by atoms with E-state index in [0.717, 1.165) is 10.6 Å². The van der Waals surface area contributed by atoms with Gasteiger partial charge in [0.2, 0.25) is 21.7 Å². The Kier molecular flexibility index (Phi) is 7.11. The number of sulfonamides is 1. The lowest BCUT2D eigenvalue weighted by Crippen LogP contribution is -2.60. The van der Waals surface area contributed by atoms with Gasteiger partial charge < -0.3 is 14.6 Å². The monoisotopic (exact) mass is 637 g/mol. The van der Waals surface area contributed by atoms with Crippen LogP contribution in [0.2, 0.25) is 5.02 Å². The molecule has 43 heavy (non-hydrogen) atoms. The van der Waals surface area contributed by atoms with E-state index in [9.17, 15) is 31.5 Å². The summed E-state index contributed by atoms with van der Waals surface area (Å²) in [4.78, 5) is 16.0. The molecule has 1 unspecified atom stereocenters. The number of ether oxygens (including phenoxy) is 2. The highest BCUT2D eigenvalue weighted by atomic mass is 35.5. The zero-order valence-corrected chi connectivity index (χ0v) is 23.9. The summed E-state index contributed by atoms with van der Waals surface area (Å²) < 4.78 is 81.1. The van der Waals surface area contributed by atoms with Crippen LogP contribution in [-0.4, -0.2) is 68.7 Å². The average Bonchev–Trinajstić information content (AvgIpc) is 3.34. The summed E-state index contributed by atoms with van der Waals surface area (Å²) in [6, 6.07) is 9.05. The molecule has 5 heterocycles. The number of fused-ring (bicyclic) bond motifs is 2. The van der Waals surface area contributed by atoms with Gasteiger partial charge in [0.25, 0.3) is 0 Å². The molecule has 11 nitrogen and oxygen atoms in total. The van der Waals surface area contributed by atoms with Gasteiger partial charge in [0.1, 0.15) is 4.90 Å². The minimum Gasteiger partial charge on any atom is -0.481 e. The fourth-order valence-electron chi connectivity index (χ4n) is 5.43. The molecule has 1 atom stereocenters. The predicted octanol–water partition coefficient (Wildman–Crippen LogP) is 4.06. The SMILES string of the molecule is Cc1c(C(CC(=O)O)c2ccc(Cl)c(CN3CC4(COC4)Oc4ncccc4S3(=O)=O)c2)ccn2c(C(F)(F)F)nnc12. The van der Waals surface area contributed by atoms with Gasteiger partial charge in [0.15, 0.2) is 11.2 Å². The van der Waals surface area contributed by atoms with E-state index in [1.165, 1.54) is 34.8 Å². The van der Waals surface area contributed by atoms with Gasteiger partial charge >= 0.3 is 12.1 Å². The number of aliphatic carboxylic acids is 1. The number of carboxylic acid groups (broad SMARTS) is 1. The van der Waals surface area contributed by atoms with Crippen molar-refractivity contribution in [1.29, 1.82) is 0 Å². The Hall–Kier alpha value is -3.79. The number of pyridine rings is 2. The van der Waals surface area contributed by atoms with Crippen molar-refractivity contribution >= 4 is 33.2 Å². The first-order chi connectivity index (χ1) is 20.3. The van der Waals surface area contributed by atoms with E-state index in [2.05, 4.69) is 15.2 Å². The Balaban J connectivity index is 1.40. The minimum absolute atomic E-state index is 0.0253. The lowest BCUT2D eigenvalue weighted by Gasteiger charge is -2.41. The lowest BCUT2D eigenvalue weighted by atomic mass is 9.86. The molecule has 1 aromatic carbocycles. The zero-order chi connectivity index (χ0) is 30.7. The number of halogens is 4. The Morgan fingerprint density at radius 1 is 1.21 bits per heavy atom. The van der Waals surface area contributed by atoms with Gasteiger partial charge in [-0.3, -0.25) is 9.20 Å². The molecule has 2 aliphatic heterocycles. The van der Waals surface area contributed by atoms with Crippen LogP contribution in [0, 0.1) is 6.92 Å². The van der Waals surface area contributed by atoms with Crippen LogP contribution in [-0.2, 0) is 32.3 Å². The molecular weight excluding hydrogens is 615 g/mol. The molecule has 0 amide bonds. The van der Waals surface area contributed by atoms with E-state index in [4.69, 9.17) is 21.1 Å². The molecule has 0 saturated carbocycles. The maximum absolute atomic E-state index is 13.7. The summed E-state index contributed by atoms with van der Waals surface area (Å²) >= 11 is 6.55. The van der Waals surface area contributed by atoms with E-state index >= 15 is 0 Å². The van der Waals surface area contributed by atoms with Crippen molar-refractivity contribution in [1.82, 2.24) is 23.9 Å². The summed E-state index contributed by atoms with van der Waals surface area (Å²) in [7, 11) is -4.10. The predicted molar refractivity (Wildman–Crippen MR) is 144 cm³/mol. The van der Waals surface area contributed by atoms with Gasteiger partial charge in [-0.05, 0) is 53.4 Å². The second-order valence-electron chi connectivity index (χ2n) is 10.5. The number of aryl methyl sites for hydroxylation is 1. The van der Waals surface area contributed by atoms with Crippen LogP contribution in [0.4, 0.5) is 13.2 Å². The Morgan fingerprint density at radius 3 is 2.65 bits per heavy atom. The summed E-state index contributed by atoms with van der Waals surface area (Å²) in [6.45, 7) is 1.63. The summed E-state index contributed by atoms with van der Waals surface area (Å²) in [5, 5.41) is 17.0. The number of rotatable bonds is 6. The molecule has 16 heteroatoms. The number of aromatic nitrogens is 4. The highest BCUT2D eigenvalue weighted by Crippen LogP contribution is 2.39. The molecule has 1 spiro atoms. The first-order valence-corrected chi connectivity index (χ1v) is 14.7. The zero-order valence-electron chi connectivity index (χ0n) is 22.4. The van der Waals surface area contributed by atoms with E-state index < -0.39 is 45.9 Å². The molecule has 0 radical (unpaired) electrons. The van der Waals surface area contributed by atoms with Crippen molar-refractivity contribution in [3.63, 3.8) is 0 Å². The number of carbonyl (C=O) groups is 1. The van der Waals surface area contributed by atoms with E-state index in [-0.39, 0.29) is 47.7 Å². The lowest BCUT2D eigenvalue weighted by molar-refractivity contribution is -0.166. The van der Waals surface area contributed by atoms with Crippen LogP contribution in [0.15, 0.2) is 53.7 Å². The van der Waals surface area contributed by atoms with E-state index in [1.54, 1.807) is 19.1 Å². The summed E-state index contributed by atoms with van der Waals surface area (Å²) in [5.41, 5.74) is 0.592. The molecule has 226 valence electrons. The van der Waals surface area contributed by atoms with Crippen LogP contribution in [0.3, 0.4) is 0 Å². The van der Waals surface area contributed by atoms with Crippen LogP contribution >= 0.6 is 11.6 Å². The fourth-order valence-corrected chi connectivity index (χ4v) is 7.16. The standard InChI is InChI=1S/C27H23ClF3N5O6S/c1-15-18(6-8-36-23(15)33-34-25(36)27(29,30)31)19(10-22(37)38)16-4-5-20(28)17(9-16)11-35-12-26(13-41-14-26)42-24-21(43(35,39)40)3-2-7-32-24/h2-9,19H,10-14H2,1H3,(H,37,38). The van der Waals surface area contributed by atoms with Gasteiger partial charge in [0.05, 0.1) is 26.2 Å². The van der Waals surface area contributed by atoms with Crippen LogP contribution in [0.5, 0.6) is 5.88 Å². The Labute approximate surface area is 247 Å². The Morgan fingerprint density at radius 2 is 1.98 bits per heavy atom. The van der Waals surface area contributed by atoms with Crippen molar-refractivity contribution < 1.29 is 41.0 Å². The maximum atomic E-state index is 13.7. The number of hydrogen-bond acceptors (Lipinski definition) is 8. The second-order valence-corrected chi connectivity index (χ2v) is 12.8. The van der Waals surface area contributed by atoms with Crippen molar-refractivity contribution in [3.05, 3.63) is 81.9 Å². The summed E-state index contributed by atoms with van der Waals surface area (Å²) in [6.07, 6.45) is -2.56. The minimum atomic E-state index is -4.74. The molecule has 4 aromatic rings. The number of nitrogens with zero attached hydrogens (tertiary/aromatic N) is 5. The largest absolute Gasteiger partial charge is 0.481 e. The first-order valence-electron chi connectivity index (χ1n) is 12.9. The van der Waals surface area contributed by atoms with Gasteiger partial charge in [-0.15, -0.1) is 10.2 Å². The highest BCUT2D eigenvalue weighted by Gasteiger charge is 2.49. The van der Waals surface area contributed by atoms with Crippen LogP contribution < -0.4 is 4.74 Å². The number of benzene rings is 1. The smallest absolute Gasteiger partial charge is 0.452 e. The maximum Gasteiger partial charge on any atom is 0.452 e. The quantitative estimate of drug-likeness (QED) is 0.332. The van der Waals surface area contributed by atoms with E-state index in [1.807, 2.05) is 0 Å². The number of carboxylic acids is 1. The first kappa shape index (κ1) is 29.3. The average molecular weight is 638 g/mol. The molecule has 0 aliphatic carbocycles. The third kappa shape index (κ3) is 5.19. The van der Waals surface area contributed by atoms with E-state index in [0.29, 0.717) is 22.3 Å². The second kappa shape index (κ2) is 10.4. The molecule has 3 aromatic heterocycles. The molecule has 0 bridgehead atoms. The molecule has 6 rings (SSSR count). The number of alkyl halides is 3. The third-order valence-corrected chi connectivity index (χ3v) is 9.73. The topological polar surface area (TPSA) is 136 Å².